The molecule has 0 spiro atoms. The Kier molecular flexibility index (Phi) is 6.99. The predicted octanol–water partition coefficient (Wildman–Crippen LogP) is 4.13. The molecule has 2 atom stereocenters. The van der Waals surface area contributed by atoms with Crippen molar-refractivity contribution in [1.29, 1.82) is 0 Å². The highest BCUT2D eigenvalue weighted by molar-refractivity contribution is 5.92. The monoisotopic (exact) mass is 397 g/mol. The average molecular weight is 397 g/mol. The first-order valence-electron chi connectivity index (χ1n) is 10.3. The number of halogens is 3. The van der Waals surface area contributed by atoms with Crippen LogP contribution in [0.25, 0.3) is 0 Å². The van der Waals surface area contributed by atoms with Gasteiger partial charge in [0.2, 0.25) is 5.91 Å². The first kappa shape index (κ1) is 21.1. The summed E-state index contributed by atoms with van der Waals surface area (Å²) in [5.41, 5.74) is 1.71. The van der Waals surface area contributed by atoms with Gasteiger partial charge in [0.05, 0.1) is 5.92 Å². The highest BCUT2D eigenvalue weighted by Gasteiger charge is 2.48. The lowest BCUT2D eigenvalue weighted by Crippen LogP contribution is -2.45. The molecule has 2 unspecified atom stereocenters. The third-order valence-electron chi connectivity index (χ3n) is 6.06. The first-order chi connectivity index (χ1) is 13.4. The molecule has 1 amide bonds. The Balaban J connectivity index is 1.54. The van der Waals surface area contributed by atoms with E-state index >= 15 is 0 Å². The van der Waals surface area contributed by atoms with Crippen LogP contribution in [0.3, 0.4) is 0 Å². The van der Waals surface area contributed by atoms with E-state index in [4.69, 9.17) is 0 Å². The van der Waals surface area contributed by atoms with E-state index < -0.39 is 23.9 Å². The van der Waals surface area contributed by atoms with Gasteiger partial charge >= 0.3 is 6.18 Å². The van der Waals surface area contributed by atoms with Crippen LogP contribution in [0, 0.1) is 11.8 Å². The second-order valence-electron chi connectivity index (χ2n) is 7.94. The van der Waals surface area contributed by atoms with Gasteiger partial charge in [-0.2, -0.15) is 13.2 Å². The molecule has 1 N–H and O–H groups in total. The smallest absolute Gasteiger partial charge is 0.326 e. The van der Waals surface area contributed by atoms with Crippen LogP contribution >= 0.6 is 0 Å². The van der Waals surface area contributed by atoms with Gasteiger partial charge < -0.3 is 10.2 Å². The summed E-state index contributed by atoms with van der Waals surface area (Å²) < 4.78 is 39.7. The van der Waals surface area contributed by atoms with E-state index in [0.717, 1.165) is 44.8 Å². The lowest BCUT2D eigenvalue weighted by molar-refractivity contribution is -0.197. The van der Waals surface area contributed by atoms with E-state index in [1.807, 2.05) is 12.1 Å². The third-order valence-corrected chi connectivity index (χ3v) is 6.06. The number of hydrogen-bond acceptors (Lipinski definition) is 3. The molecular formula is C21H30F3N3O. The zero-order valence-corrected chi connectivity index (χ0v) is 16.5. The molecule has 2 fully saturated rings. The summed E-state index contributed by atoms with van der Waals surface area (Å²) in [5, 5.41) is 2.70. The molecule has 0 bridgehead atoms. The molecule has 3 rings (SSSR count). The van der Waals surface area contributed by atoms with Crippen LogP contribution in [0.1, 0.15) is 38.2 Å². The van der Waals surface area contributed by atoms with Gasteiger partial charge in [-0.1, -0.05) is 31.9 Å². The van der Waals surface area contributed by atoms with Gasteiger partial charge in [0.25, 0.3) is 0 Å². The molecule has 156 valence electrons. The van der Waals surface area contributed by atoms with Crippen molar-refractivity contribution in [2.45, 2.75) is 45.3 Å². The number of alkyl halides is 3. The standard InChI is InChI=1S/C21H30F3N3O/c1-2-26-11-13-27(14-12-26)15-16-7-9-17(10-8-16)25-20(28)18-5-3-4-6-19(18)21(22,23)24/h7-10,18-19H,2-6,11-15H2,1H3,(H,25,28). The Labute approximate surface area is 165 Å². The molecule has 1 heterocycles. The topological polar surface area (TPSA) is 35.6 Å². The van der Waals surface area contributed by atoms with Gasteiger partial charge in [-0.15, -0.1) is 0 Å². The van der Waals surface area contributed by atoms with Crippen LogP contribution in [0.4, 0.5) is 18.9 Å². The second-order valence-corrected chi connectivity index (χ2v) is 7.94. The maximum Gasteiger partial charge on any atom is 0.392 e. The highest BCUT2D eigenvalue weighted by Crippen LogP contribution is 2.41. The Morgan fingerprint density at radius 2 is 1.64 bits per heavy atom. The summed E-state index contributed by atoms with van der Waals surface area (Å²) >= 11 is 0. The number of anilines is 1. The second kappa shape index (κ2) is 9.27. The van der Waals surface area contributed by atoms with Crippen molar-refractivity contribution in [2.24, 2.45) is 11.8 Å². The zero-order chi connectivity index (χ0) is 20.1. The molecule has 1 aromatic carbocycles. The quantitative estimate of drug-likeness (QED) is 0.812. The molecule has 1 saturated heterocycles. The number of piperazine rings is 1. The maximum absolute atomic E-state index is 13.2. The normalized spacial score (nSPS) is 24.9. The molecule has 4 nitrogen and oxygen atoms in total. The van der Waals surface area contributed by atoms with Crippen LogP contribution < -0.4 is 5.32 Å². The largest absolute Gasteiger partial charge is 0.392 e. The van der Waals surface area contributed by atoms with Gasteiger partial charge in [-0.05, 0) is 37.1 Å². The number of likely N-dealkylation sites (N-methyl/N-ethyl adjacent to an activating group) is 1. The van der Waals surface area contributed by atoms with E-state index in [1.165, 1.54) is 0 Å². The van der Waals surface area contributed by atoms with Gasteiger partial charge in [0.15, 0.2) is 0 Å². The van der Waals surface area contributed by atoms with Crippen LogP contribution in [0.15, 0.2) is 24.3 Å². The van der Waals surface area contributed by atoms with Crippen LogP contribution in [-0.4, -0.2) is 54.6 Å². The maximum atomic E-state index is 13.2. The van der Waals surface area contributed by atoms with Crippen molar-refractivity contribution in [3.8, 4) is 0 Å². The molecule has 0 radical (unpaired) electrons. The third kappa shape index (κ3) is 5.47. The fourth-order valence-corrected chi connectivity index (χ4v) is 4.29. The van der Waals surface area contributed by atoms with Crippen molar-refractivity contribution in [2.75, 3.05) is 38.0 Å². The van der Waals surface area contributed by atoms with Crippen LogP contribution in [0.2, 0.25) is 0 Å². The molecule has 2 aliphatic rings. The van der Waals surface area contributed by atoms with Gasteiger partial charge in [0, 0.05) is 44.3 Å². The van der Waals surface area contributed by atoms with E-state index in [9.17, 15) is 18.0 Å². The van der Waals surface area contributed by atoms with Crippen LogP contribution in [-0.2, 0) is 11.3 Å². The van der Waals surface area contributed by atoms with Crippen molar-refractivity contribution in [3.05, 3.63) is 29.8 Å². The SMILES string of the molecule is CCN1CCN(Cc2ccc(NC(=O)C3CCCCC3C(F)(F)F)cc2)CC1. The lowest BCUT2D eigenvalue weighted by atomic mass is 9.78. The van der Waals surface area contributed by atoms with Crippen molar-refractivity contribution >= 4 is 11.6 Å². The Hall–Kier alpha value is -1.60. The summed E-state index contributed by atoms with van der Waals surface area (Å²) in [6.45, 7) is 8.33. The Morgan fingerprint density at radius 3 is 2.25 bits per heavy atom. The van der Waals surface area contributed by atoms with E-state index in [1.54, 1.807) is 12.1 Å². The van der Waals surface area contributed by atoms with Gasteiger partial charge in [-0.25, -0.2) is 0 Å². The minimum Gasteiger partial charge on any atom is -0.326 e. The van der Waals surface area contributed by atoms with Crippen molar-refractivity contribution in [1.82, 2.24) is 9.80 Å². The number of carbonyl (C=O) groups is 1. The number of rotatable bonds is 5. The van der Waals surface area contributed by atoms with Crippen molar-refractivity contribution in [3.63, 3.8) is 0 Å². The first-order valence-corrected chi connectivity index (χ1v) is 10.3. The molecule has 7 heteroatoms. The number of amides is 1. The van der Waals surface area contributed by atoms with Gasteiger partial charge in [0.1, 0.15) is 0 Å². The summed E-state index contributed by atoms with van der Waals surface area (Å²) in [6.07, 6.45) is -2.75. The molecule has 1 aromatic rings. The minimum atomic E-state index is -4.31. The summed E-state index contributed by atoms with van der Waals surface area (Å²) in [5.74, 6) is -3.02. The van der Waals surface area contributed by atoms with E-state index in [-0.39, 0.29) is 6.42 Å². The fraction of sp³-hybridized carbons (Fsp3) is 0.667. The number of nitrogens with zero attached hydrogens (tertiary/aromatic N) is 2. The summed E-state index contributed by atoms with van der Waals surface area (Å²) in [4.78, 5) is 17.3. The van der Waals surface area contributed by atoms with Gasteiger partial charge in [-0.3, -0.25) is 9.69 Å². The number of nitrogens with one attached hydrogen (secondary N) is 1. The fourth-order valence-electron chi connectivity index (χ4n) is 4.29. The lowest BCUT2D eigenvalue weighted by Gasteiger charge is -2.34. The molecule has 1 saturated carbocycles. The summed E-state index contributed by atoms with van der Waals surface area (Å²) in [6, 6.07) is 7.48. The predicted molar refractivity (Wildman–Crippen MR) is 104 cm³/mol. The van der Waals surface area contributed by atoms with E-state index in [2.05, 4.69) is 22.0 Å². The molecular weight excluding hydrogens is 367 g/mol. The minimum absolute atomic E-state index is 0.0474. The Morgan fingerprint density at radius 1 is 1.04 bits per heavy atom. The molecule has 1 aliphatic carbocycles. The van der Waals surface area contributed by atoms with Crippen molar-refractivity contribution < 1.29 is 18.0 Å². The number of benzene rings is 1. The average Bonchev–Trinajstić information content (AvgIpc) is 2.69. The van der Waals surface area contributed by atoms with Crippen LogP contribution in [0.5, 0.6) is 0 Å². The highest BCUT2D eigenvalue weighted by atomic mass is 19.4. The zero-order valence-electron chi connectivity index (χ0n) is 16.5. The molecule has 0 aromatic heterocycles. The Bertz CT molecular complexity index is 639. The molecule has 28 heavy (non-hydrogen) atoms. The summed E-state index contributed by atoms with van der Waals surface area (Å²) in [7, 11) is 0. The number of carbonyl (C=O) groups excluding carboxylic acids is 1. The molecule has 1 aliphatic heterocycles. The van der Waals surface area contributed by atoms with E-state index in [0.29, 0.717) is 24.9 Å². The number of hydrogen-bond donors (Lipinski definition) is 1.